The highest BCUT2D eigenvalue weighted by atomic mass is 35.5. The number of esters is 1. The van der Waals surface area contributed by atoms with Crippen LogP contribution in [0.15, 0.2) is 11.3 Å². The molecule has 2 aliphatic heterocycles. The Morgan fingerprint density at radius 1 is 1.58 bits per heavy atom. The summed E-state index contributed by atoms with van der Waals surface area (Å²) in [6.45, 7) is 0.985. The number of ether oxygens (including phenoxy) is 1. The van der Waals surface area contributed by atoms with E-state index in [1.54, 1.807) is 0 Å². The van der Waals surface area contributed by atoms with Crippen molar-refractivity contribution in [2.45, 2.75) is 23.0 Å². The minimum Gasteiger partial charge on any atom is -0.477 e. The quantitative estimate of drug-likeness (QED) is 0.334. The molecule has 1 fully saturated rings. The van der Waals surface area contributed by atoms with Gasteiger partial charge in [-0.15, -0.1) is 35.1 Å². The van der Waals surface area contributed by atoms with Gasteiger partial charge in [-0.1, -0.05) is 0 Å². The molecular formula is C14H14ClN3O6S2. The molecule has 1 saturated heterocycles. The smallest absolute Gasteiger partial charge is 0.352 e. The lowest BCUT2D eigenvalue weighted by Gasteiger charge is -2.49. The molecule has 2 N–H and O–H groups in total. The van der Waals surface area contributed by atoms with Gasteiger partial charge in [-0.2, -0.15) is 5.26 Å². The number of aliphatic carboxylic acids is 1. The molecular weight excluding hydrogens is 406 g/mol. The van der Waals surface area contributed by atoms with Crippen LogP contribution in [-0.4, -0.2) is 68.0 Å². The molecule has 0 aliphatic carbocycles. The largest absolute Gasteiger partial charge is 0.477 e. The van der Waals surface area contributed by atoms with E-state index in [1.165, 1.54) is 18.7 Å². The van der Waals surface area contributed by atoms with Crippen LogP contribution in [0, 0.1) is 11.3 Å². The molecule has 2 unspecified atom stereocenters. The van der Waals surface area contributed by atoms with Crippen molar-refractivity contribution in [2.75, 3.05) is 18.1 Å². The van der Waals surface area contributed by atoms with Crippen molar-refractivity contribution >= 4 is 58.9 Å². The molecule has 0 aromatic rings. The number of nitriles is 1. The highest BCUT2D eigenvalue weighted by Crippen LogP contribution is 2.40. The van der Waals surface area contributed by atoms with Gasteiger partial charge in [-0.3, -0.25) is 19.3 Å². The average molecular weight is 420 g/mol. The normalized spacial score (nSPS) is 22.7. The fourth-order valence-electron chi connectivity index (χ4n) is 2.39. The number of fused-ring (bicyclic) bond motifs is 1. The standard InChI is InChI=1S/C14H14ClN3O6S2/c1-6(19)24-4-7-5-26-13-8(12(21)18(13)9(7)14(22)23)17-11(20)10(15)25-3-2-16/h8,10,13H,3-5H2,1H3,(H,17,20)(H,22,23)/t8?,10?,13-/m1/s1. The van der Waals surface area contributed by atoms with Gasteiger partial charge in [0.15, 0.2) is 4.71 Å². The van der Waals surface area contributed by atoms with Gasteiger partial charge in [0.2, 0.25) is 5.91 Å². The summed E-state index contributed by atoms with van der Waals surface area (Å²) >= 11 is 8.02. The van der Waals surface area contributed by atoms with Crippen LogP contribution in [0.5, 0.6) is 0 Å². The maximum atomic E-state index is 12.4. The van der Waals surface area contributed by atoms with E-state index in [1.807, 2.05) is 6.07 Å². The van der Waals surface area contributed by atoms with Gasteiger partial charge in [-0.25, -0.2) is 4.79 Å². The first-order valence-electron chi connectivity index (χ1n) is 7.24. The highest BCUT2D eigenvalue weighted by molar-refractivity contribution is 8.02. The van der Waals surface area contributed by atoms with Gasteiger partial charge >= 0.3 is 11.9 Å². The van der Waals surface area contributed by atoms with Gasteiger partial charge in [0.25, 0.3) is 5.91 Å². The number of β-lactam (4-membered cyclic amide) rings is 1. The highest BCUT2D eigenvalue weighted by Gasteiger charge is 2.54. The fraction of sp³-hybridized carbons (Fsp3) is 0.500. The van der Waals surface area contributed by atoms with Crippen molar-refractivity contribution in [2.24, 2.45) is 0 Å². The Labute approximate surface area is 162 Å². The van der Waals surface area contributed by atoms with Crippen molar-refractivity contribution in [1.82, 2.24) is 10.2 Å². The zero-order chi connectivity index (χ0) is 19.4. The summed E-state index contributed by atoms with van der Waals surface area (Å²) in [5.74, 6) is -2.80. The second kappa shape index (κ2) is 8.66. The number of carboxylic acid groups (broad SMARTS) is 1. The lowest BCUT2D eigenvalue weighted by molar-refractivity contribution is -0.150. The number of nitrogens with zero attached hydrogens (tertiary/aromatic N) is 2. The molecule has 3 atom stereocenters. The van der Waals surface area contributed by atoms with Crippen molar-refractivity contribution in [3.63, 3.8) is 0 Å². The molecule has 0 bridgehead atoms. The van der Waals surface area contributed by atoms with Gasteiger partial charge in [0.1, 0.15) is 23.7 Å². The number of thioether (sulfide) groups is 2. The van der Waals surface area contributed by atoms with Gasteiger partial charge < -0.3 is 15.2 Å². The molecule has 0 aromatic carbocycles. The summed E-state index contributed by atoms with van der Waals surface area (Å²) in [5, 5.41) is 19.8. The molecule has 26 heavy (non-hydrogen) atoms. The minimum atomic E-state index is -1.31. The molecule has 0 saturated carbocycles. The number of carbonyl (C=O) groups excluding carboxylic acids is 3. The molecule has 2 aliphatic rings. The maximum Gasteiger partial charge on any atom is 0.352 e. The summed E-state index contributed by atoms with van der Waals surface area (Å²) in [7, 11) is 0. The Morgan fingerprint density at radius 3 is 2.85 bits per heavy atom. The van der Waals surface area contributed by atoms with Crippen LogP contribution < -0.4 is 5.32 Å². The Balaban J connectivity index is 2.09. The van der Waals surface area contributed by atoms with Crippen LogP contribution in [-0.2, 0) is 23.9 Å². The van der Waals surface area contributed by atoms with E-state index in [9.17, 15) is 24.3 Å². The van der Waals surface area contributed by atoms with E-state index in [0.717, 1.165) is 16.7 Å². The van der Waals surface area contributed by atoms with Crippen LogP contribution in [0.3, 0.4) is 0 Å². The Hall–Kier alpha value is -1.90. The summed E-state index contributed by atoms with van der Waals surface area (Å²) in [5.41, 5.74) is 0.0821. The predicted octanol–water partition coefficient (Wildman–Crippen LogP) is 0.110. The zero-order valence-corrected chi connectivity index (χ0v) is 15.8. The Bertz CT molecular complexity index is 722. The lowest BCUT2D eigenvalue weighted by Crippen LogP contribution is -2.71. The zero-order valence-electron chi connectivity index (χ0n) is 13.4. The topological polar surface area (TPSA) is 137 Å². The molecule has 9 nitrogen and oxygen atoms in total. The number of rotatable bonds is 7. The Kier molecular flexibility index (Phi) is 6.80. The first-order chi connectivity index (χ1) is 12.3. The van der Waals surface area contributed by atoms with Crippen LogP contribution in [0.25, 0.3) is 0 Å². The molecule has 140 valence electrons. The first kappa shape index (κ1) is 20.4. The van der Waals surface area contributed by atoms with Crippen LogP contribution in [0.1, 0.15) is 6.92 Å². The van der Waals surface area contributed by atoms with Crippen molar-refractivity contribution < 1.29 is 29.0 Å². The number of nitrogens with one attached hydrogen (secondary N) is 1. The third-order valence-corrected chi connectivity index (χ3v) is 6.22. The summed E-state index contributed by atoms with van der Waals surface area (Å²) in [6, 6.07) is 0.942. The first-order valence-corrected chi connectivity index (χ1v) is 9.77. The van der Waals surface area contributed by atoms with Crippen LogP contribution in [0.2, 0.25) is 0 Å². The van der Waals surface area contributed by atoms with Crippen molar-refractivity contribution in [1.29, 1.82) is 5.26 Å². The van der Waals surface area contributed by atoms with E-state index in [2.05, 4.69) is 5.32 Å². The fourth-order valence-corrected chi connectivity index (χ4v) is 4.41. The molecule has 2 heterocycles. The number of amides is 2. The maximum absolute atomic E-state index is 12.4. The number of halogens is 1. The predicted molar refractivity (Wildman–Crippen MR) is 94.0 cm³/mol. The number of alkyl halides is 1. The molecule has 2 rings (SSSR count). The molecule has 0 aromatic heterocycles. The van der Waals surface area contributed by atoms with Crippen molar-refractivity contribution in [3.05, 3.63) is 11.3 Å². The van der Waals surface area contributed by atoms with Crippen molar-refractivity contribution in [3.8, 4) is 6.07 Å². The molecule has 2 amide bonds. The Morgan fingerprint density at radius 2 is 2.27 bits per heavy atom. The second-order valence-electron chi connectivity index (χ2n) is 5.22. The summed E-state index contributed by atoms with van der Waals surface area (Å²) in [4.78, 5) is 47.9. The van der Waals surface area contributed by atoms with Gasteiger partial charge in [0.05, 0.1) is 11.8 Å². The monoisotopic (exact) mass is 419 g/mol. The van der Waals surface area contributed by atoms with Gasteiger partial charge in [0, 0.05) is 18.2 Å². The SMILES string of the molecule is CC(=O)OCC1=C(C(=O)O)N2C(=O)C(NC(=O)C(Cl)SCC#N)[C@H]2SC1. The van der Waals surface area contributed by atoms with E-state index in [4.69, 9.17) is 21.6 Å². The van der Waals surface area contributed by atoms with E-state index < -0.39 is 39.9 Å². The van der Waals surface area contributed by atoms with E-state index >= 15 is 0 Å². The third kappa shape index (κ3) is 4.25. The third-order valence-electron chi connectivity index (χ3n) is 3.50. The summed E-state index contributed by atoms with van der Waals surface area (Å²) in [6.07, 6.45) is 0. The van der Waals surface area contributed by atoms with Crippen LogP contribution >= 0.6 is 35.1 Å². The van der Waals surface area contributed by atoms with E-state index in [-0.39, 0.29) is 23.8 Å². The van der Waals surface area contributed by atoms with Crippen LogP contribution in [0.4, 0.5) is 0 Å². The van der Waals surface area contributed by atoms with Gasteiger partial charge in [-0.05, 0) is 0 Å². The van der Waals surface area contributed by atoms with E-state index in [0.29, 0.717) is 5.57 Å². The average Bonchev–Trinajstić information content (AvgIpc) is 2.60. The minimum absolute atomic E-state index is 0.0237. The number of hydrogen-bond acceptors (Lipinski definition) is 8. The molecule has 0 radical (unpaired) electrons. The number of carboxylic acids is 1. The lowest BCUT2D eigenvalue weighted by atomic mass is 10.0. The summed E-state index contributed by atoms with van der Waals surface area (Å²) < 4.78 is 3.81. The number of hydrogen-bond donors (Lipinski definition) is 2. The molecule has 12 heteroatoms. The number of carbonyl (C=O) groups is 4. The molecule has 0 spiro atoms. The second-order valence-corrected chi connectivity index (χ2v) is 8.11.